The van der Waals surface area contributed by atoms with Crippen LogP contribution in [0.2, 0.25) is 0 Å². The summed E-state index contributed by atoms with van der Waals surface area (Å²) in [6.07, 6.45) is 23.4. The molecular formula is C29H47N3O2. The number of hydrogen-bond acceptors (Lipinski definition) is 3. The van der Waals surface area contributed by atoms with Crippen molar-refractivity contribution in [2.24, 2.45) is 0 Å². The zero-order valence-corrected chi connectivity index (χ0v) is 21.5. The molecule has 0 atom stereocenters. The van der Waals surface area contributed by atoms with Crippen molar-refractivity contribution in [1.29, 1.82) is 0 Å². The molecule has 0 radical (unpaired) electrons. The van der Waals surface area contributed by atoms with Crippen LogP contribution in [0.15, 0.2) is 42.6 Å². The van der Waals surface area contributed by atoms with Gasteiger partial charge in [0.1, 0.15) is 11.4 Å². The molecule has 5 heteroatoms. The summed E-state index contributed by atoms with van der Waals surface area (Å²) in [5, 5.41) is 7.28. The summed E-state index contributed by atoms with van der Waals surface area (Å²) < 4.78 is 7.29. The highest BCUT2D eigenvalue weighted by Crippen LogP contribution is 2.14. The highest BCUT2D eigenvalue weighted by atomic mass is 16.5. The molecule has 0 aliphatic carbocycles. The summed E-state index contributed by atoms with van der Waals surface area (Å²) in [4.78, 5) is 12.3. The number of ether oxygens (including phenoxy) is 1. The number of rotatable bonds is 21. The predicted molar refractivity (Wildman–Crippen MR) is 141 cm³/mol. The monoisotopic (exact) mass is 469 g/mol. The standard InChI is InChI=1S/C29H47N3O2/c1-2-3-4-5-6-7-8-9-10-11-12-13-14-15-16-20-24-30-29(33)28-23-25-32(31-28)26-34-27-21-18-17-19-22-27/h17-19,21-23,25H,2-16,20,24,26H2,1H3,(H,30,33). The smallest absolute Gasteiger partial charge is 0.271 e. The number of unbranched alkanes of at least 4 members (excludes halogenated alkanes) is 15. The van der Waals surface area contributed by atoms with E-state index in [0.29, 0.717) is 12.2 Å². The number of aromatic nitrogens is 2. The minimum Gasteiger partial charge on any atom is -0.471 e. The van der Waals surface area contributed by atoms with Crippen LogP contribution in [-0.4, -0.2) is 22.2 Å². The Balaban J connectivity index is 1.36. The average Bonchev–Trinajstić information content (AvgIpc) is 3.34. The van der Waals surface area contributed by atoms with Gasteiger partial charge < -0.3 is 10.1 Å². The second-order valence-electron chi connectivity index (χ2n) is 9.39. The van der Waals surface area contributed by atoms with Crippen molar-refractivity contribution in [3.63, 3.8) is 0 Å². The Bertz CT molecular complexity index is 745. The summed E-state index contributed by atoms with van der Waals surface area (Å²) >= 11 is 0. The average molecular weight is 470 g/mol. The molecule has 0 fully saturated rings. The van der Waals surface area contributed by atoms with Crippen LogP contribution in [0.3, 0.4) is 0 Å². The highest BCUT2D eigenvalue weighted by molar-refractivity contribution is 5.92. The number of para-hydroxylation sites is 1. The van der Waals surface area contributed by atoms with Gasteiger partial charge in [0.15, 0.2) is 6.73 Å². The molecule has 190 valence electrons. The Morgan fingerprint density at radius 2 is 1.29 bits per heavy atom. The second kappa shape index (κ2) is 19.1. The first-order valence-corrected chi connectivity index (χ1v) is 13.8. The van der Waals surface area contributed by atoms with Crippen molar-refractivity contribution >= 4 is 5.91 Å². The van der Waals surface area contributed by atoms with Crippen molar-refractivity contribution in [3.8, 4) is 5.75 Å². The first-order chi connectivity index (χ1) is 16.8. The van der Waals surface area contributed by atoms with Crippen LogP contribution in [0.4, 0.5) is 0 Å². The zero-order chi connectivity index (χ0) is 24.1. The van der Waals surface area contributed by atoms with Gasteiger partial charge in [0.25, 0.3) is 5.91 Å². The van der Waals surface area contributed by atoms with E-state index in [4.69, 9.17) is 4.74 Å². The largest absolute Gasteiger partial charge is 0.471 e. The van der Waals surface area contributed by atoms with Gasteiger partial charge in [0.2, 0.25) is 0 Å². The van der Waals surface area contributed by atoms with Crippen LogP contribution in [0, 0.1) is 0 Å². The lowest BCUT2D eigenvalue weighted by Gasteiger charge is -2.06. The number of carbonyl (C=O) groups excluding carboxylic acids is 1. The molecule has 1 aromatic carbocycles. The fourth-order valence-corrected chi connectivity index (χ4v) is 4.18. The molecule has 0 aliphatic rings. The third kappa shape index (κ3) is 13.4. The molecule has 0 spiro atoms. The van der Waals surface area contributed by atoms with E-state index in [1.807, 2.05) is 30.3 Å². The maximum Gasteiger partial charge on any atom is 0.271 e. The number of benzene rings is 1. The first-order valence-electron chi connectivity index (χ1n) is 13.8. The quantitative estimate of drug-likeness (QED) is 0.189. The van der Waals surface area contributed by atoms with Crippen LogP contribution in [-0.2, 0) is 6.73 Å². The minimum atomic E-state index is -0.112. The molecule has 0 unspecified atom stereocenters. The number of amides is 1. The SMILES string of the molecule is CCCCCCCCCCCCCCCCCCNC(=O)c1ccn(COc2ccccc2)n1. The fraction of sp³-hybridized carbons (Fsp3) is 0.655. The number of carbonyl (C=O) groups is 1. The van der Waals surface area contributed by atoms with Gasteiger partial charge >= 0.3 is 0 Å². The zero-order valence-electron chi connectivity index (χ0n) is 21.5. The number of nitrogens with one attached hydrogen (secondary N) is 1. The highest BCUT2D eigenvalue weighted by Gasteiger charge is 2.09. The van der Waals surface area contributed by atoms with Gasteiger partial charge in [0, 0.05) is 12.7 Å². The van der Waals surface area contributed by atoms with Gasteiger partial charge in [0.05, 0.1) is 0 Å². The van der Waals surface area contributed by atoms with Crippen molar-refractivity contribution in [2.75, 3.05) is 6.54 Å². The number of hydrogen-bond donors (Lipinski definition) is 1. The van der Waals surface area contributed by atoms with Gasteiger partial charge in [-0.3, -0.25) is 4.79 Å². The summed E-state index contributed by atoms with van der Waals surface area (Å²) in [6, 6.07) is 11.3. The van der Waals surface area contributed by atoms with E-state index in [1.54, 1.807) is 16.9 Å². The van der Waals surface area contributed by atoms with Crippen molar-refractivity contribution in [2.45, 2.75) is 116 Å². The van der Waals surface area contributed by atoms with Crippen molar-refractivity contribution in [3.05, 3.63) is 48.3 Å². The molecule has 1 heterocycles. The maximum absolute atomic E-state index is 12.3. The lowest BCUT2D eigenvalue weighted by molar-refractivity contribution is 0.0946. The van der Waals surface area contributed by atoms with Gasteiger partial charge in [-0.15, -0.1) is 0 Å². The molecule has 0 aliphatic heterocycles. The van der Waals surface area contributed by atoms with E-state index >= 15 is 0 Å². The molecule has 1 aromatic heterocycles. The van der Waals surface area contributed by atoms with Crippen molar-refractivity contribution < 1.29 is 9.53 Å². The molecule has 0 saturated carbocycles. The van der Waals surface area contributed by atoms with Crippen LogP contribution < -0.4 is 10.1 Å². The lowest BCUT2D eigenvalue weighted by Crippen LogP contribution is -2.25. The number of nitrogens with zero attached hydrogens (tertiary/aromatic N) is 2. The van der Waals surface area contributed by atoms with Gasteiger partial charge in [-0.25, -0.2) is 4.68 Å². The normalized spacial score (nSPS) is 11.0. The minimum absolute atomic E-state index is 0.112. The lowest BCUT2D eigenvalue weighted by atomic mass is 10.0. The van der Waals surface area contributed by atoms with E-state index in [1.165, 1.54) is 96.3 Å². The molecule has 2 rings (SSSR count). The van der Waals surface area contributed by atoms with Crippen molar-refractivity contribution in [1.82, 2.24) is 15.1 Å². The Morgan fingerprint density at radius 3 is 1.85 bits per heavy atom. The van der Waals surface area contributed by atoms with E-state index < -0.39 is 0 Å². The molecule has 0 bridgehead atoms. The Kier molecular flexibility index (Phi) is 15.7. The van der Waals surface area contributed by atoms with E-state index in [0.717, 1.165) is 12.2 Å². The molecular weight excluding hydrogens is 422 g/mol. The maximum atomic E-state index is 12.3. The predicted octanol–water partition coefficient (Wildman–Crippen LogP) is 7.91. The molecule has 1 N–H and O–H groups in total. The Hall–Kier alpha value is -2.30. The van der Waals surface area contributed by atoms with Gasteiger partial charge in [-0.05, 0) is 24.6 Å². The molecule has 1 amide bonds. The third-order valence-corrected chi connectivity index (χ3v) is 6.30. The summed E-state index contributed by atoms with van der Waals surface area (Å²) in [7, 11) is 0. The second-order valence-corrected chi connectivity index (χ2v) is 9.39. The van der Waals surface area contributed by atoms with Crippen LogP contribution >= 0.6 is 0 Å². The fourth-order valence-electron chi connectivity index (χ4n) is 4.18. The third-order valence-electron chi connectivity index (χ3n) is 6.30. The van der Waals surface area contributed by atoms with Gasteiger partial charge in [-0.2, -0.15) is 5.10 Å². The Labute approximate surface area is 207 Å². The first kappa shape index (κ1) is 27.9. The van der Waals surface area contributed by atoms with Crippen LogP contribution in [0.5, 0.6) is 5.75 Å². The topological polar surface area (TPSA) is 56.2 Å². The summed E-state index contributed by atoms with van der Waals surface area (Å²) in [6.45, 7) is 3.28. The van der Waals surface area contributed by atoms with Crippen LogP contribution in [0.1, 0.15) is 120 Å². The molecule has 34 heavy (non-hydrogen) atoms. The van der Waals surface area contributed by atoms with E-state index in [2.05, 4.69) is 17.3 Å². The molecule has 2 aromatic rings. The van der Waals surface area contributed by atoms with E-state index in [-0.39, 0.29) is 12.6 Å². The van der Waals surface area contributed by atoms with Crippen LogP contribution in [0.25, 0.3) is 0 Å². The summed E-state index contributed by atoms with van der Waals surface area (Å²) in [5.74, 6) is 0.673. The van der Waals surface area contributed by atoms with E-state index in [9.17, 15) is 4.79 Å². The molecule has 5 nitrogen and oxygen atoms in total. The Morgan fingerprint density at radius 1 is 0.765 bits per heavy atom. The van der Waals surface area contributed by atoms with Gasteiger partial charge in [-0.1, -0.05) is 121 Å². The summed E-state index contributed by atoms with van der Waals surface area (Å²) in [5.41, 5.74) is 0.438. The molecule has 0 saturated heterocycles.